The summed E-state index contributed by atoms with van der Waals surface area (Å²) in [6, 6.07) is 4.47. The van der Waals surface area contributed by atoms with Crippen molar-refractivity contribution in [2.45, 2.75) is 19.1 Å². The third kappa shape index (κ3) is 2.54. The van der Waals surface area contributed by atoms with Crippen LogP contribution in [-0.2, 0) is 0 Å². The van der Waals surface area contributed by atoms with Crippen LogP contribution in [0.3, 0.4) is 0 Å². The average Bonchev–Trinajstić information content (AvgIpc) is 2.67. The number of aryl methyl sites for hydroxylation is 1. The van der Waals surface area contributed by atoms with Crippen LogP contribution in [0.2, 0.25) is 0 Å². The molecule has 17 heavy (non-hydrogen) atoms. The lowest BCUT2D eigenvalue weighted by Crippen LogP contribution is -2.30. The Morgan fingerprint density at radius 2 is 2.29 bits per heavy atom. The summed E-state index contributed by atoms with van der Waals surface area (Å²) in [5.74, 6) is 0.451. The molecule has 0 spiro atoms. The lowest BCUT2D eigenvalue weighted by Gasteiger charge is -2.17. The second kappa shape index (κ2) is 4.68. The maximum atomic E-state index is 10.7. The maximum absolute atomic E-state index is 10.7. The molecule has 2 rings (SSSR count). The Morgan fingerprint density at radius 1 is 1.53 bits per heavy atom. The smallest absolute Gasteiger partial charge is 0.273 e. The molecule has 0 aliphatic carbocycles. The monoisotopic (exact) mass is 238 g/mol. The van der Waals surface area contributed by atoms with Gasteiger partial charge in [0.05, 0.1) is 11.0 Å². The molecule has 0 unspecified atom stereocenters. The Labute approximate surface area is 98.4 Å². The molecule has 1 fully saturated rings. The number of benzene rings is 1. The molecule has 1 heterocycles. The molecule has 2 N–H and O–H groups in total. The summed E-state index contributed by atoms with van der Waals surface area (Å²) in [6.45, 7) is 2.84. The van der Waals surface area contributed by atoms with Gasteiger partial charge in [-0.3, -0.25) is 10.1 Å². The van der Waals surface area contributed by atoms with Crippen LogP contribution in [-0.4, -0.2) is 35.3 Å². The first-order chi connectivity index (χ1) is 8.08. The van der Waals surface area contributed by atoms with Crippen LogP contribution in [0, 0.1) is 17.0 Å². The van der Waals surface area contributed by atoms with Crippen LogP contribution in [0.25, 0.3) is 0 Å². The quantitative estimate of drug-likeness (QED) is 0.595. The number of nitro benzene ring substituents is 1. The van der Waals surface area contributed by atoms with Gasteiger partial charge in [-0.05, 0) is 18.6 Å². The number of rotatable bonds is 3. The van der Waals surface area contributed by atoms with Crippen LogP contribution in [0.15, 0.2) is 18.2 Å². The van der Waals surface area contributed by atoms with E-state index in [1.807, 2.05) is 6.92 Å². The summed E-state index contributed by atoms with van der Waals surface area (Å²) in [5.41, 5.74) is 0.806. The zero-order valence-corrected chi connectivity index (χ0v) is 9.42. The predicted molar refractivity (Wildman–Crippen MR) is 61.1 cm³/mol. The molecule has 1 saturated heterocycles. The minimum atomic E-state index is -0.575. The van der Waals surface area contributed by atoms with E-state index in [2.05, 4.69) is 5.32 Å². The third-order valence-corrected chi connectivity index (χ3v) is 2.79. The molecule has 0 amide bonds. The topological polar surface area (TPSA) is 84.6 Å². The molecule has 1 aliphatic heterocycles. The summed E-state index contributed by atoms with van der Waals surface area (Å²) in [4.78, 5) is 10.2. The van der Waals surface area contributed by atoms with Gasteiger partial charge in [-0.1, -0.05) is 0 Å². The first kappa shape index (κ1) is 11.8. The van der Waals surface area contributed by atoms with E-state index >= 15 is 0 Å². The van der Waals surface area contributed by atoms with Crippen LogP contribution < -0.4 is 10.1 Å². The fraction of sp³-hybridized carbons (Fsp3) is 0.455. The number of hydrogen-bond acceptors (Lipinski definition) is 5. The number of nitrogens with one attached hydrogen (secondary N) is 1. The fourth-order valence-electron chi connectivity index (χ4n) is 1.75. The molecule has 6 heteroatoms. The number of non-ortho nitro benzene ring substituents is 1. The maximum Gasteiger partial charge on any atom is 0.273 e. The number of nitrogens with zero attached hydrogens (tertiary/aromatic N) is 1. The van der Waals surface area contributed by atoms with E-state index in [9.17, 15) is 15.2 Å². The van der Waals surface area contributed by atoms with E-state index < -0.39 is 11.0 Å². The molecule has 1 aromatic rings. The van der Waals surface area contributed by atoms with Crippen LogP contribution in [0.1, 0.15) is 5.56 Å². The van der Waals surface area contributed by atoms with E-state index in [0.29, 0.717) is 18.8 Å². The van der Waals surface area contributed by atoms with Gasteiger partial charge >= 0.3 is 0 Å². The number of aliphatic hydroxyl groups excluding tert-OH is 1. The number of hydrogen-bond donors (Lipinski definition) is 2. The third-order valence-electron chi connectivity index (χ3n) is 2.79. The highest BCUT2D eigenvalue weighted by Crippen LogP contribution is 2.25. The van der Waals surface area contributed by atoms with E-state index in [4.69, 9.17) is 4.74 Å². The second-order valence-corrected chi connectivity index (χ2v) is 4.09. The summed E-state index contributed by atoms with van der Waals surface area (Å²) in [7, 11) is 0. The van der Waals surface area contributed by atoms with Gasteiger partial charge in [-0.25, -0.2) is 0 Å². The molecule has 0 radical (unpaired) electrons. The van der Waals surface area contributed by atoms with Crippen molar-refractivity contribution in [1.82, 2.24) is 5.32 Å². The highest BCUT2D eigenvalue weighted by molar-refractivity contribution is 5.43. The fourth-order valence-corrected chi connectivity index (χ4v) is 1.75. The predicted octanol–water partition coefficient (Wildman–Crippen LogP) is 0.615. The first-order valence-corrected chi connectivity index (χ1v) is 5.38. The van der Waals surface area contributed by atoms with Crippen LogP contribution in [0.5, 0.6) is 5.75 Å². The van der Waals surface area contributed by atoms with Crippen molar-refractivity contribution in [2.24, 2.45) is 0 Å². The van der Waals surface area contributed by atoms with Gasteiger partial charge in [0.2, 0.25) is 0 Å². The Balaban J connectivity index is 2.19. The van der Waals surface area contributed by atoms with Gasteiger partial charge in [0.1, 0.15) is 18.0 Å². The van der Waals surface area contributed by atoms with Crippen molar-refractivity contribution in [3.05, 3.63) is 33.9 Å². The van der Waals surface area contributed by atoms with Gasteiger partial charge in [0.15, 0.2) is 0 Å². The average molecular weight is 238 g/mol. The Hall–Kier alpha value is -1.66. The lowest BCUT2D eigenvalue weighted by atomic mass is 10.2. The molecule has 2 atom stereocenters. The van der Waals surface area contributed by atoms with Gasteiger partial charge in [0, 0.05) is 19.2 Å². The summed E-state index contributed by atoms with van der Waals surface area (Å²) < 4.78 is 5.59. The largest absolute Gasteiger partial charge is 0.486 e. The van der Waals surface area contributed by atoms with Gasteiger partial charge in [-0.15, -0.1) is 0 Å². The van der Waals surface area contributed by atoms with Gasteiger partial charge in [0.25, 0.3) is 5.69 Å². The number of ether oxygens (including phenoxy) is 1. The molecular weight excluding hydrogens is 224 g/mol. The molecule has 0 aromatic heterocycles. The van der Waals surface area contributed by atoms with E-state index in [1.54, 1.807) is 6.07 Å². The van der Waals surface area contributed by atoms with Crippen molar-refractivity contribution in [3.63, 3.8) is 0 Å². The van der Waals surface area contributed by atoms with Crippen molar-refractivity contribution in [1.29, 1.82) is 0 Å². The standard InChI is InChI=1S/C11H14N2O4/c1-7-2-3-8(13(15)16)4-10(7)17-11-6-12-5-9(11)14/h2-4,9,11-12,14H,5-6H2,1H3/t9-,11-/m0/s1. The minimum absolute atomic E-state index is 0.00829. The van der Waals surface area contributed by atoms with Gasteiger partial charge < -0.3 is 15.2 Å². The van der Waals surface area contributed by atoms with Crippen molar-refractivity contribution in [3.8, 4) is 5.75 Å². The van der Waals surface area contributed by atoms with Crippen molar-refractivity contribution >= 4 is 5.69 Å². The summed E-state index contributed by atoms with van der Waals surface area (Å²) in [5, 5.41) is 23.2. The summed E-state index contributed by atoms with van der Waals surface area (Å²) >= 11 is 0. The highest BCUT2D eigenvalue weighted by Gasteiger charge is 2.27. The molecule has 0 bridgehead atoms. The zero-order chi connectivity index (χ0) is 12.4. The van der Waals surface area contributed by atoms with Crippen LogP contribution >= 0.6 is 0 Å². The number of β-amino-alcohol motifs (C(OH)–C–C–N with tert-alkyl or cyclic N) is 1. The molecule has 1 aromatic carbocycles. The highest BCUT2D eigenvalue weighted by atomic mass is 16.6. The van der Waals surface area contributed by atoms with E-state index in [0.717, 1.165) is 5.56 Å². The van der Waals surface area contributed by atoms with Crippen molar-refractivity contribution < 1.29 is 14.8 Å². The van der Waals surface area contributed by atoms with Crippen molar-refractivity contribution in [2.75, 3.05) is 13.1 Å². The number of nitro groups is 1. The number of aliphatic hydroxyl groups is 1. The zero-order valence-electron chi connectivity index (χ0n) is 9.42. The summed E-state index contributed by atoms with van der Waals surface area (Å²) in [6.07, 6.45) is -0.927. The van der Waals surface area contributed by atoms with Gasteiger partial charge in [-0.2, -0.15) is 0 Å². The van der Waals surface area contributed by atoms with E-state index in [-0.39, 0.29) is 11.8 Å². The molecule has 92 valence electrons. The first-order valence-electron chi connectivity index (χ1n) is 5.38. The Morgan fingerprint density at radius 3 is 2.88 bits per heavy atom. The van der Waals surface area contributed by atoms with Crippen LogP contribution in [0.4, 0.5) is 5.69 Å². The molecule has 6 nitrogen and oxygen atoms in total. The SMILES string of the molecule is Cc1ccc([N+](=O)[O-])cc1O[C@H]1CNC[C@@H]1O. The normalized spacial score (nSPS) is 23.6. The Bertz CT molecular complexity index is 435. The Kier molecular flexibility index (Phi) is 3.26. The molecular formula is C11H14N2O4. The lowest BCUT2D eigenvalue weighted by molar-refractivity contribution is -0.385. The molecule has 1 aliphatic rings. The molecule has 0 saturated carbocycles. The second-order valence-electron chi connectivity index (χ2n) is 4.09. The van der Waals surface area contributed by atoms with E-state index in [1.165, 1.54) is 12.1 Å². The minimum Gasteiger partial charge on any atom is -0.486 e.